The fourth-order valence-corrected chi connectivity index (χ4v) is 3.68. The summed E-state index contributed by atoms with van der Waals surface area (Å²) in [5.74, 6) is 1.13. The number of rotatable bonds is 5. The van der Waals surface area contributed by atoms with Crippen LogP contribution in [0.3, 0.4) is 0 Å². The van der Waals surface area contributed by atoms with Crippen molar-refractivity contribution in [2.75, 3.05) is 40.5 Å². The maximum absolute atomic E-state index is 13.1. The molecule has 0 bridgehead atoms. The van der Waals surface area contributed by atoms with Crippen LogP contribution in [0, 0.1) is 0 Å². The van der Waals surface area contributed by atoms with Crippen molar-refractivity contribution in [3.63, 3.8) is 0 Å². The number of morpholine rings is 1. The minimum atomic E-state index is -0.587. The molecule has 0 N–H and O–H groups in total. The average Bonchev–Trinajstić information content (AvgIpc) is 2.98. The van der Waals surface area contributed by atoms with E-state index in [1.54, 1.807) is 25.2 Å². The van der Waals surface area contributed by atoms with E-state index in [-0.39, 0.29) is 25.0 Å². The van der Waals surface area contributed by atoms with Crippen LogP contribution >= 0.6 is 0 Å². The Kier molecular flexibility index (Phi) is 6.55. The SMILES string of the molecule is COc1ccc(CN2C(=O)COC[C@H]2C(=O)N2CCCCCC2)c(OC)c1. The van der Waals surface area contributed by atoms with E-state index >= 15 is 0 Å². The lowest BCUT2D eigenvalue weighted by Crippen LogP contribution is -2.56. The number of hydrogen-bond acceptors (Lipinski definition) is 5. The monoisotopic (exact) mass is 376 g/mol. The summed E-state index contributed by atoms with van der Waals surface area (Å²) in [4.78, 5) is 29.2. The summed E-state index contributed by atoms with van der Waals surface area (Å²) in [6.45, 7) is 2.05. The van der Waals surface area contributed by atoms with Gasteiger partial charge in [-0.1, -0.05) is 12.8 Å². The summed E-state index contributed by atoms with van der Waals surface area (Å²) in [5.41, 5.74) is 0.835. The van der Waals surface area contributed by atoms with Crippen molar-refractivity contribution in [1.82, 2.24) is 9.80 Å². The predicted molar refractivity (Wildman–Crippen MR) is 99.8 cm³/mol. The van der Waals surface area contributed by atoms with Crippen LogP contribution in [0.2, 0.25) is 0 Å². The van der Waals surface area contributed by atoms with Gasteiger partial charge >= 0.3 is 0 Å². The number of methoxy groups -OCH3 is 2. The minimum absolute atomic E-state index is 0.00223. The van der Waals surface area contributed by atoms with Gasteiger partial charge in [0.2, 0.25) is 11.8 Å². The molecule has 2 amide bonds. The zero-order chi connectivity index (χ0) is 19.2. The molecule has 0 radical (unpaired) electrons. The first kappa shape index (κ1) is 19.5. The summed E-state index contributed by atoms with van der Waals surface area (Å²) >= 11 is 0. The summed E-state index contributed by atoms with van der Waals surface area (Å²) in [7, 11) is 3.18. The molecule has 148 valence electrons. The molecule has 0 aliphatic carbocycles. The maximum Gasteiger partial charge on any atom is 0.249 e. The third-order valence-corrected chi connectivity index (χ3v) is 5.24. The molecule has 7 nitrogen and oxygen atoms in total. The molecule has 1 aromatic carbocycles. The predicted octanol–water partition coefficient (Wildman–Crippen LogP) is 1.83. The van der Waals surface area contributed by atoms with Crippen molar-refractivity contribution in [3.05, 3.63) is 23.8 Å². The second kappa shape index (κ2) is 9.08. The van der Waals surface area contributed by atoms with E-state index in [2.05, 4.69) is 0 Å². The van der Waals surface area contributed by atoms with Crippen LogP contribution < -0.4 is 9.47 Å². The first-order chi connectivity index (χ1) is 13.1. The molecule has 2 heterocycles. The van der Waals surface area contributed by atoms with Crippen molar-refractivity contribution in [3.8, 4) is 11.5 Å². The number of carbonyl (C=O) groups excluding carboxylic acids is 2. The second-order valence-electron chi connectivity index (χ2n) is 6.97. The third-order valence-electron chi connectivity index (χ3n) is 5.24. The molecular weight excluding hydrogens is 348 g/mol. The Labute approximate surface area is 160 Å². The first-order valence-corrected chi connectivity index (χ1v) is 9.51. The molecule has 1 atom stereocenters. The van der Waals surface area contributed by atoms with Gasteiger partial charge in [-0.05, 0) is 25.0 Å². The Hall–Kier alpha value is -2.28. The molecule has 27 heavy (non-hydrogen) atoms. The van der Waals surface area contributed by atoms with Crippen LogP contribution in [0.5, 0.6) is 11.5 Å². The van der Waals surface area contributed by atoms with Gasteiger partial charge in [0.15, 0.2) is 0 Å². The summed E-state index contributed by atoms with van der Waals surface area (Å²) in [6.07, 6.45) is 4.33. The number of carbonyl (C=O) groups is 2. The Morgan fingerprint density at radius 2 is 1.89 bits per heavy atom. The van der Waals surface area contributed by atoms with Gasteiger partial charge in [0, 0.05) is 24.7 Å². The van der Waals surface area contributed by atoms with Crippen LogP contribution in [0.4, 0.5) is 0 Å². The van der Waals surface area contributed by atoms with Crippen LogP contribution in [-0.2, 0) is 20.9 Å². The standard InChI is InChI=1S/C20H28N2O5/c1-25-16-8-7-15(18(11-16)26-2)12-22-17(13-27-14-19(22)23)20(24)21-9-5-3-4-6-10-21/h7-8,11,17H,3-6,9-10,12-14H2,1-2H3/t17-/m0/s1. The highest BCUT2D eigenvalue weighted by Crippen LogP contribution is 2.27. The molecule has 0 saturated carbocycles. The van der Waals surface area contributed by atoms with Gasteiger partial charge in [-0.25, -0.2) is 0 Å². The van der Waals surface area contributed by atoms with E-state index in [0.717, 1.165) is 44.3 Å². The van der Waals surface area contributed by atoms with Gasteiger partial charge in [-0.15, -0.1) is 0 Å². The molecular formula is C20H28N2O5. The Morgan fingerprint density at radius 3 is 2.56 bits per heavy atom. The number of benzene rings is 1. The minimum Gasteiger partial charge on any atom is -0.497 e. The molecule has 2 aliphatic rings. The Bertz CT molecular complexity index is 670. The zero-order valence-electron chi connectivity index (χ0n) is 16.1. The molecule has 0 spiro atoms. The molecule has 0 unspecified atom stereocenters. The van der Waals surface area contributed by atoms with Crippen molar-refractivity contribution in [2.45, 2.75) is 38.3 Å². The number of ether oxygens (including phenoxy) is 3. The van der Waals surface area contributed by atoms with Crippen LogP contribution in [0.25, 0.3) is 0 Å². The van der Waals surface area contributed by atoms with Crippen molar-refractivity contribution in [1.29, 1.82) is 0 Å². The van der Waals surface area contributed by atoms with Crippen LogP contribution in [0.1, 0.15) is 31.2 Å². The molecule has 2 aliphatic heterocycles. The summed E-state index contributed by atoms with van der Waals surface area (Å²) < 4.78 is 16.1. The van der Waals surface area contributed by atoms with E-state index in [9.17, 15) is 9.59 Å². The maximum atomic E-state index is 13.1. The zero-order valence-corrected chi connectivity index (χ0v) is 16.1. The topological polar surface area (TPSA) is 68.3 Å². The Morgan fingerprint density at radius 1 is 1.15 bits per heavy atom. The van der Waals surface area contributed by atoms with Crippen molar-refractivity contribution >= 4 is 11.8 Å². The fraction of sp³-hybridized carbons (Fsp3) is 0.600. The molecule has 2 fully saturated rings. The highest BCUT2D eigenvalue weighted by Gasteiger charge is 2.37. The van der Waals surface area contributed by atoms with Gasteiger partial charge in [-0.3, -0.25) is 9.59 Å². The molecule has 1 aromatic rings. The number of nitrogens with zero attached hydrogens (tertiary/aromatic N) is 2. The summed E-state index contributed by atoms with van der Waals surface area (Å²) in [5, 5.41) is 0. The van der Waals surface area contributed by atoms with Gasteiger partial charge in [0.25, 0.3) is 0 Å². The number of likely N-dealkylation sites (tertiary alicyclic amines) is 1. The van der Waals surface area contributed by atoms with Crippen molar-refractivity contribution < 1.29 is 23.8 Å². The highest BCUT2D eigenvalue weighted by atomic mass is 16.5. The smallest absolute Gasteiger partial charge is 0.249 e. The molecule has 0 aromatic heterocycles. The van der Waals surface area contributed by atoms with Crippen LogP contribution in [-0.4, -0.2) is 68.2 Å². The highest BCUT2D eigenvalue weighted by molar-refractivity contribution is 5.89. The molecule has 3 rings (SSSR count). The lowest BCUT2D eigenvalue weighted by Gasteiger charge is -2.37. The van der Waals surface area contributed by atoms with E-state index < -0.39 is 6.04 Å². The third kappa shape index (κ3) is 4.53. The van der Waals surface area contributed by atoms with E-state index in [0.29, 0.717) is 18.0 Å². The summed E-state index contributed by atoms with van der Waals surface area (Å²) in [6, 6.07) is 4.89. The van der Waals surface area contributed by atoms with Gasteiger partial charge in [-0.2, -0.15) is 0 Å². The largest absolute Gasteiger partial charge is 0.497 e. The van der Waals surface area contributed by atoms with Gasteiger partial charge in [0.1, 0.15) is 24.1 Å². The first-order valence-electron chi connectivity index (χ1n) is 9.51. The van der Waals surface area contributed by atoms with Crippen LogP contribution in [0.15, 0.2) is 18.2 Å². The van der Waals surface area contributed by atoms with Crippen molar-refractivity contribution in [2.24, 2.45) is 0 Å². The normalized spacial score (nSPS) is 21.0. The second-order valence-corrected chi connectivity index (χ2v) is 6.97. The van der Waals surface area contributed by atoms with E-state index in [4.69, 9.17) is 14.2 Å². The van der Waals surface area contributed by atoms with E-state index in [1.807, 2.05) is 17.0 Å². The number of amides is 2. The molecule has 2 saturated heterocycles. The Balaban J connectivity index is 1.80. The van der Waals surface area contributed by atoms with Gasteiger partial charge < -0.3 is 24.0 Å². The van der Waals surface area contributed by atoms with Gasteiger partial charge in [0.05, 0.1) is 27.4 Å². The number of hydrogen-bond donors (Lipinski definition) is 0. The molecule has 7 heteroatoms. The van der Waals surface area contributed by atoms with E-state index in [1.165, 1.54) is 0 Å². The average molecular weight is 376 g/mol. The lowest BCUT2D eigenvalue weighted by molar-refractivity contribution is -0.160. The fourth-order valence-electron chi connectivity index (χ4n) is 3.68. The lowest BCUT2D eigenvalue weighted by atomic mass is 10.1. The quantitative estimate of drug-likeness (QED) is 0.784.